The van der Waals surface area contributed by atoms with Crippen molar-refractivity contribution in [2.75, 3.05) is 13.2 Å². The minimum absolute atomic E-state index is 0.140. The fourth-order valence-electron chi connectivity index (χ4n) is 8.53. The molecule has 4 nitrogen and oxygen atoms in total. The summed E-state index contributed by atoms with van der Waals surface area (Å²) in [5, 5.41) is 11.4. The van der Waals surface area contributed by atoms with Gasteiger partial charge in [-0.3, -0.25) is 0 Å². The second-order valence-corrected chi connectivity index (χ2v) is 11.7. The molecule has 4 heteroatoms. The lowest BCUT2D eigenvalue weighted by atomic mass is 9.44. The number of allylic oxidation sites excluding steroid dienone is 1. The predicted molar refractivity (Wildman–Crippen MR) is 133 cm³/mol. The monoisotopic (exact) mass is 466 g/mol. The summed E-state index contributed by atoms with van der Waals surface area (Å²) in [6.45, 7) is 12.1. The zero-order valence-electron chi connectivity index (χ0n) is 21.7. The first-order chi connectivity index (χ1) is 16.2. The molecule has 4 aliphatic carbocycles. The van der Waals surface area contributed by atoms with E-state index < -0.39 is 11.4 Å². The van der Waals surface area contributed by atoms with Crippen LogP contribution in [0, 0.1) is 47.9 Å². The molecule has 7 atom stereocenters. The summed E-state index contributed by atoms with van der Waals surface area (Å²) in [7, 11) is 0. The molecule has 3 saturated carbocycles. The van der Waals surface area contributed by atoms with Gasteiger partial charge < -0.3 is 19.0 Å². The molecule has 0 amide bonds. The fraction of sp³-hybridized carbons (Fsp3) is 0.733. The van der Waals surface area contributed by atoms with Gasteiger partial charge in [-0.05, 0) is 74.3 Å². The molecular formula is C30H42O4. The number of fused-ring (bicyclic) bond motifs is 5. The summed E-state index contributed by atoms with van der Waals surface area (Å²) in [6.07, 6.45) is 15.1. The molecule has 0 radical (unpaired) electrons. The number of ether oxygens (including phenoxy) is 2. The second-order valence-electron chi connectivity index (χ2n) is 11.7. The fourth-order valence-corrected chi connectivity index (χ4v) is 8.53. The van der Waals surface area contributed by atoms with Crippen molar-refractivity contribution in [1.29, 1.82) is 0 Å². The van der Waals surface area contributed by atoms with E-state index in [-0.39, 0.29) is 16.7 Å². The molecule has 1 aromatic heterocycles. The average molecular weight is 467 g/mol. The van der Waals surface area contributed by atoms with Crippen molar-refractivity contribution < 1.29 is 19.0 Å². The Kier molecular flexibility index (Phi) is 5.87. The molecule has 1 aromatic rings. The first kappa shape index (κ1) is 24.2. The molecule has 6 rings (SSSR count). The van der Waals surface area contributed by atoms with E-state index >= 15 is 0 Å². The maximum atomic E-state index is 11.4. The van der Waals surface area contributed by atoms with Crippen molar-refractivity contribution >= 4 is 0 Å². The van der Waals surface area contributed by atoms with Crippen LogP contribution in [-0.2, 0) is 9.47 Å². The summed E-state index contributed by atoms with van der Waals surface area (Å²) < 4.78 is 18.5. The van der Waals surface area contributed by atoms with Gasteiger partial charge in [0.15, 0.2) is 5.79 Å². The van der Waals surface area contributed by atoms with Crippen LogP contribution in [0.4, 0.5) is 0 Å². The molecule has 34 heavy (non-hydrogen) atoms. The Morgan fingerprint density at radius 3 is 2.35 bits per heavy atom. The normalized spacial score (nSPS) is 44.2. The van der Waals surface area contributed by atoms with Gasteiger partial charge >= 0.3 is 0 Å². The van der Waals surface area contributed by atoms with Gasteiger partial charge in [-0.2, -0.15) is 0 Å². The summed E-state index contributed by atoms with van der Waals surface area (Å²) >= 11 is 0. The zero-order chi connectivity index (χ0) is 24.4. The third-order valence-electron chi connectivity index (χ3n) is 10.5. The second kappa shape index (κ2) is 8.26. The van der Waals surface area contributed by atoms with Crippen LogP contribution >= 0.6 is 0 Å². The smallest absolute Gasteiger partial charge is 0.172 e. The van der Waals surface area contributed by atoms with E-state index in [4.69, 9.17) is 20.3 Å². The first-order valence-corrected chi connectivity index (χ1v) is 13.5. The maximum absolute atomic E-state index is 11.4. The van der Waals surface area contributed by atoms with Crippen LogP contribution in [0.3, 0.4) is 0 Å². The highest BCUT2D eigenvalue weighted by Gasteiger charge is 2.66. The van der Waals surface area contributed by atoms with Gasteiger partial charge in [-0.1, -0.05) is 45.3 Å². The van der Waals surface area contributed by atoms with E-state index in [2.05, 4.69) is 38.0 Å². The lowest BCUT2D eigenvalue weighted by molar-refractivity contribution is -0.187. The SMILES string of the molecule is C#CC1(O)CC[C@H]2C3C(CCC21C)C1(C)CCC2(CC1=C[C@H]3c1ccc(C)o1)OCCO2.CC. The van der Waals surface area contributed by atoms with E-state index in [1.165, 1.54) is 5.57 Å². The third kappa shape index (κ3) is 3.23. The molecule has 1 saturated heterocycles. The Hall–Kier alpha value is -1.54. The average Bonchev–Trinajstić information content (AvgIpc) is 3.54. The highest BCUT2D eigenvalue weighted by Crippen LogP contribution is 2.70. The Bertz CT molecular complexity index is 994. The Morgan fingerprint density at radius 2 is 1.71 bits per heavy atom. The largest absolute Gasteiger partial charge is 0.466 e. The van der Waals surface area contributed by atoms with E-state index in [9.17, 15) is 5.11 Å². The van der Waals surface area contributed by atoms with Crippen LogP contribution in [0.2, 0.25) is 0 Å². The first-order valence-electron chi connectivity index (χ1n) is 13.5. The molecule has 1 spiro atoms. The number of furan rings is 1. The van der Waals surface area contributed by atoms with Crippen molar-refractivity contribution in [2.45, 2.75) is 96.9 Å². The van der Waals surface area contributed by atoms with E-state index in [0.717, 1.165) is 50.0 Å². The van der Waals surface area contributed by atoms with Crippen LogP contribution in [0.15, 0.2) is 28.2 Å². The highest BCUT2D eigenvalue weighted by atomic mass is 16.7. The Labute approximate surface area is 205 Å². The highest BCUT2D eigenvalue weighted by molar-refractivity contribution is 5.35. The molecule has 0 aromatic carbocycles. The number of terminal acetylenes is 1. The van der Waals surface area contributed by atoms with Crippen LogP contribution in [-0.4, -0.2) is 29.7 Å². The summed E-state index contributed by atoms with van der Waals surface area (Å²) in [5.74, 6) is 5.97. The molecule has 2 heterocycles. The predicted octanol–water partition coefficient (Wildman–Crippen LogP) is 6.38. The van der Waals surface area contributed by atoms with Gasteiger partial charge in [0.1, 0.15) is 17.1 Å². The minimum atomic E-state index is -1.00. The number of rotatable bonds is 1. The van der Waals surface area contributed by atoms with Crippen molar-refractivity contribution in [3.63, 3.8) is 0 Å². The van der Waals surface area contributed by atoms with Crippen molar-refractivity contribution in [1.82, 2.24) is 0 Å². The summed E-state index contributed by atoms with van der Waals surface area (Å²) in [4.78, 5) is 0. The third-order valence-corrected chi connectivity index (χ3v) is 10.5. The molecule has 1 N–H and O–H groups in total. The van der Waals surface area contributed by atoms with Crippen molar-refractivity contribution in [3.8, 4) is 12.3 Å². The Morgan fingerprint density at radius 1 is 1.00 bits per heavy atom. The van der Waals surface area contributed by atoms with Gasteiger partial charge in [0.2, 0.25) is 0 Å². The molecule has 5 unspecified atom stereocenters. The molecule has 186 valence electrons. The number of aliphatic hydroxyl groups is 1. The standard InChI is InChI=1S/C28H36O4.C2H6/c1-5-27(29)11-9-22-24-20(23-7-6-18(2)32-23)16-19-17-28(30-14-15-31-28)13-12-25(19,3)21(24)8-10-26(22,27)4;1-2/h1,6-7,16,20-22,24,29H,8-15,17H2,2-4H3;1-2H3/t20-,21?,22-,24?,25?,26?,27?;/m0./s1. The lowest BCUT2D eigenvalue weighted by Crippen LogP contribution is -2.56. The molecule has 1 aliphatic heterocycles. The van der Waals surface area contributed by atoms with Crippen LogP contribution in [0.1, 0.15) is 90.1 Å². The maximum Gasteiger partial charge on any atom is 0.172 e. The minimum Gasteiger partial charge on any atom is -0.466 e. The van der Waals surface area contributed by atoms with E-state index in [1.807, 2.05) is 20.8 Å². The van der Waals surface area contributed by atoms with Crippen LogP contribution < -0.4 is 0 Å². The Balaban J connectivity index is 0.00000117. The molecular weight excluding hydrogens is 424 g/mol. The topological polar surface area (TPSA) is 51.8 Å². The van der Waals surface area contributed by atoms with Gasteiger partial charge in [0, 0.05) is 24.2 Å². The molecule has 0 bridgehead atoms. The summed E-state index contributed by atoms with van der Waals surface area (Å²) in [6, 6.07) is 4.24. The van der Waals surface area contributed by atoms with Crippen molar-refractivity contribution in [3.05, 3.63) is 35.3 Å². The van der Waals surface area contributed by atoms with Gasteiger partial charge in [-0.25, -0.2) is 0 Å². The number of aryl methyl sites for hydroxylation is 1. The molecule has 4 fully saturated rings. The van der Waals surface area contributed by atoms with E-state index in [1.54, 1.807) is 0 Å². The van der Waals surface area contributed by atoms with Gasteiger partial charge in [0.25, 0.3) is 0 Å². The number of hydrogen-bond acceptors (Lipinski definition) is 4. The number of hydrogen-bond donors (Lipinski definition) is 1. The van der Waals surface area contributed by atoms with Gasteiger partial charge in [0.05, 0.1) is 13.2 Å². The summed E-state index contributed by atoms with van der Waals surface area (Å²) in [5.41, 5.74) is 0.388. The van der Waals surface area contributed by atoms with Crippen molar-refractivity contribution in [2.24, 2.45) is 28.6 Å². The molecule has 5 aliphatic rings. The van der Waals surface area contributed by atoms with Gasteiger partial charge in [-0.15, -0.1) is 6.42 Å². The van der Waals surface area contributed by atoms with Crippen LogP contribution in [0.25, 0.3) is 0 Å². The quantitative estimate of drug-likeness (QED) is 0.385. The van der Waals surface area contributed by atoms with Crippen LogP contribution in [0.5, 0.6) is 0 Å². The van der Waals surface area contributed by atoms with E-state index in [0.29, 0.717) is 37.4 Å². The lowest BCUT2D eigenvalue weighted by Gasteiger charge is -2.60. The zero-order valence-corrected chi connectivity index (χ0v) is 21.7.